The van der Waals surface area contributed by atoms with Crippen LogP contribution in [0.2, 0.25) is 19.6 Å². The highest BCUT2D eigenvalue weighted by molar-refractivity contribution is 6.88. The van der Waals surface area contributed by atoms with Crippen LogP contribution >= 0.6 is 0 Å². The molecule has 0 amide bonds. The third-order valence-electron chi connectivity index (χ3n) is 9.92. The fourth-order valence-corrected chi connectivity index (χ4v) is 8.46. The van der Waals surface area contributed by atoms with Crippen molar-refractivity contribution >= 4 is 41.1 Å². The van der Waals surface area contributed by atoms with Gasteiger partial charge in [-0.25, -0.2) is 4.39 Å². The highest BCUT2D eigenvalue weighted by atomic mass is 28.3. The molecule has 52 heavy (non-hydrogen) atoms. The van der Waals surface area contributed by atoms with Gasteiger partial charge in [-0.05, 0) is 68.9 Å². The van der Waals surface area contributed by atoms with Crippen molar-refractivity contribution in [2.24, 2.45) is 0 Å². The first-order valence-corrected chi connectivity index (χ1v) is 21.4. The van der Waals surface area contributed by atoms with Crippen LogP contribution in [-0.2, 0) is 0 Å². The van der Waals surface area contributed by atoms with E-state index in [1.54, 1.807) is 6.07 Å². The SMILES string of the molecule is C[Si](C)(C)c1cccc(-c2ccc(N(c3ccccc3-c3ccccc3)c3ccccc3-c3cccc4cccc(-c5ccccc5F)c34)cc2)c1. The van der Waals surface area contributed by atoms with Crippen molar-refractivity contribution < 1.29 is 4.39 Å². The van der Waals surface area contributed by atoms with Gasteiger partial charge in [0.25, 0.3) is 0 Å². The fraction of sp³-hybridized carbons (Fsp3) is 0.0612. The Morgan fingerprint density at radius 3 is 1.60 bits per heavy atom. The number of benzene rings is 8. The minimum absolute atomic E-state index is 0.230. The second-order valence-corrected chi connectivity index (χ2v) is 19.4. The van der Waals surface area contributed by atoms with Gasteiger partial charge in [0.15, 0.2) is 0 Å². The van der Waals surface area contributed by atoms with E-state index in [-0.39, 0.29) is 5.82 Å². The molecule has 0 spiro atoms. The van der Waals surface area contributed by atoms with Gasteiger partial charge >= 0.3 is 0 Å². The second kappa shape index (κ2) is 13.9. The molecule has 8 aromatic carbocycles. The number of halogens is 1. The first-order chi connectivity index (χ1) is 25.4. The summed E-state index contributed by atoms with van der Waals surface area (Å²) in [5.41, 5.74) is 11.5. The number of para-hydroxylation sites is 2. The van der Waals surface area contributed by atoms with Gasteiger partial charge in [-0.2, -0.15) is 0 Å². The lowest BCUT2D eigenvalue weighted by Gasteiger charge is -2.30. The van der Waals surface area contributed by atoms with Crippen molar-refractivity contribution in [3.05, 3.63) is 194 Å². The third-order valence-corrected chi connectivity index (χ3v) is 12.0. The van der Waals surface area contributed by atoms with E-state index in [4.69, 9.17) is 0 Å². The van der Waals surface area contributed by atoms with Crippen LogP contribution in [0.1, 0.15) is 0 Å². The Hall–Kier alpha value is -6.03. The molecule has 0 aliphatic carbocycles. The van der Waals surface area contributed by atoms with E-state index in [1.807, 2.05) is 24.3 Å². The lowest BCUT2D eigenvalue weighted by Crippen LogP contribution is -2.37. The van der Waals surface area contributed by atoms with Crippen LogP contribution in [0, 0.1) is 5.82 Å². The molecule has 8 rings (SSSR count). The molecule has 0 atom stereocenters. The zero-order valence-electron chi connectivity index (χ0n) is 29.7. The van der Waals surface area contributed by atoms with Crippen LogP contribution in [-0.4, -0.2) is 8.07 Å². The summed E-state index contributed by atoms with van der Waals surface area (Å²) in [6.45, 7) is 7.18. The first kappa shape index (κ1) is 33.1. The minimum atomic E-state index is -1.47. The minimum Gasteiger partial charge on any atom is -0.309 e. The van der Waals surface area contributed by atoms with Gasteiger partial charge in [-0.3, -0.25) is 0 Å². The molecule has 0 N–H and O–H groups in total. The average Bonchev–Trinajstić information content (AvgIpc) is 3.18. The number of rotatable bonds is 8. The van der Waals surface area contributed by atoms with Gasteiger partial charge in [0.05, 0.1) is 19.4 Å². The molecular weight excluding hydrogens is 650 g/mol. The molecule has 3 heteroatoms. The van der Waals surface area contributed by atoms with Crippen molar-refractivity contribution in [3.8, 4) is 44.5 Å². The number of hydrogen-bond acceptors (Lipinski definition) is 1. The van der Waals surface area contributed by atoms with Crippen LogP contribution in [0.25, 0.3) is 55.3 Å². The van der Waals surface area contributed by atoms with Crippen molar-refractivity contribution in [1.29, 1.82) is 0 Å². The van der Waals surface area contributed by atoms with E-state index in [2.05, 4.69) is 176 Å². The van der Waals surface area contributed by atoms with Crippen LogP contribution in [0.15, 0.2) is 188 Å². The Balaban J connectivity index is 1.35. The molecule has 0 heterocycles. The van der Waals surface area contributed by atoms with E-state index < -0.39 is 8.07 Å². The standard InChI is InChI=1S/C49H40FNSi/c1-52(2,3)40-21-13-20-38(34-40)35-30-32-39(33-31-35)51(47-28-11-8-22-41(47)36-16-5-4-6-17-36)48-29-12-9-24-43(48)45-26-15-19-37-18-14-25-44(49(37)45)42-23-7-10-27-46(42)50/h4-34H,1-3H3. The predicted molar refractivity (Wildman–Crippen MR) is 223 cm³/mol. The fourth-order valence-electron chi connectivity index (χ4n) is 7.27. The molecule has 0 saturated heterocycles. The lowest BCUT2D eigenvalue weighted by atomic mass is 9.90. The highest BCUT2D eigenvalue weighted by Gasteiger charge is 2.23. The summed E-state index contributed by atoms with van der Waals surface area (Å²) in [6, 6.07) is 65.4. The summed E-state index contributed by atoms with van der Waals surface area (Å²) in [6.07, 6.45) is 0. The molecule has 8 aromatic rings. The second-order valence-electron chi connectivity index (χ2n) is 14.3. The van der Waals surface area contributed by atoms with Crippen LogP contribution in [0.3, 0.4) is 0 Å². The Kier molecular flexibility index (Phi) is 8.88. The van der Waals surface area contributed by atoms with E-state index in [1.165, 1.54) is 22.4 Å². The number of nitrogens with zero attached hydrogens (tertiary/aromatic N) is 1. The first-order valence-electron chi connectivity index (χ1n) is 17.9. The van der Waals surface area contributed by atoms with Crippen LogP contribution in [0.4, 0.5) is 21.5 Å². The van der Waals surface area contributed by atoms with Crippen molar-refractivity contribution in [2.75, 3.05) is 4.90 Å². The summed E-state index contributed by atoms with van der Waals surface area (Å²) in [4.78, 5) is 2.38. The Morgan fingerprint density at radius 1 is 0.404 bits per heavy atom. The molecule has 0 bridgehead atoms. The molecule has 0 fully saturated rings. The summed E-state index contributed by atoms with van der Waals surface area (Å²) >= 11 is 0. The van der Waals surface area contributed by atoms with Crippen molar-refractivity contribution in [2.45, 2.75) is 19.6 Å². The van der Waals surface area contributed by atoms with Crippen molar-refractivity contribution in [3.63, 3.8) is 0 Å². The van der Waals surface area contributed by atoms with Crippen LogP contribution in [0.5, 0.6) is 0 Å². The number of anilines is 3. The molecule has 0 aromatic heterocycles. The summed E-state index contributed by atoms with van der Waals surface area (Å²) in [5.74, 6) is -0.230. The van der Waals surface area contributed by atoms with E-state index >= 15 is 4.39 Å². The molecule has 0 aliphatic rings. The maximum atomic E-state index is 15.4. The van der Waals surface area contributed by atoms with Gasteiger partial charge in [0.1, 0.15) is 5.82 Å². The largest absolute Gasteiger partial charge is 0.309 e. The van der Waals surface area contributed by atoms with Crippen molar-refractivity contribution in [1.82, 2.24) is 0 Å². The topological polar surface area (TPSA) is 3.24 Å². The quantitative estimate of drug-likeness (QED) is 0.144. The molecule has 0 aliphatic heterocycles. The van der Waals surface area contributed by atoms with Gasteiger partial charge in [-0.1, -0.05) is 183 Å². The molecule has 0 radical (unpaired) electrons. The predicted octanol–water partition coefficient (Wildman–Crippen LogP) is 13.7. The molecule has 0 unspecified atom stereocenters. The number of fused-ring (bicyclic) bond motifs is 1. The summed E-state index contributed by atoms with van der Waals surface area (Å²) in [7, 11) is -1.47. The average molecular weight is 690 g/mol. The maximum absolute atomic E-state index is 15.4. The maximum Gasteiger partial charge on any atom is 0.131 e. The molecular formula is C49H40FNSi. The smallest absolute Gasteiger partial charge is 0.131 e. The Labute approximate surface area is 307 Å². The van der Waals surface area contributed by atoms with E-state index in [9.17, 15) is 0 Å². The van der Waals surface area contributed by atoms with Gasteiger partial charge in [0.2, 0.25) is 0 Å². The normalized spacial score (nSPS) is 11.5. The molecule has 1 nitrogen and oxygen atoms in total. The summed E-state index contributed by atoms with van der Waals surface area (Å²) < 4.78 is 15.4. The number of hydrogen-bond donors (Lipinski definition) is 0. The molecule has 252 valence electrons. The third kappa shape index (κ3) is 6.36. The summed E-state index contributed by atoms with van der Waals surface area (Å²) in [5, 5.41) is 3.54. The van der Waals surface area contributed by atoms with E-state index in [0.717, 1.165) is 55.7 Å². The highest BCUT2D eigenvalue weighted by Crippen LogP contribution is 2.47. The van der Waals surface area contributed by atoms with E-state index in [0.29, 0.717) is 5.56 Å². The Bertz CT molecular complexity index is 2510. The lowest BCUT2D eigenvalue weighted by molar-refractivity contribution is 0.631. The van der Waals surface area contributed by atoms with Crippen LogP contribution < -0.4 is 10.1 Å². The monoisotopic (exact) mass is 689 g/mol. The zero-order chi connectivity index (χ0) is 35.7. The van der Waals surface area contributed by atoms with Gasteiger partial charge < -0.3 is 4.90 Å². The van der Waals surface area contributed by atoms with Gasteiger partial charge in [0, 0.05) is 22.4 Å². The Morgan fingerprint density at radius 2 is 0.923 bits per heavy atom. The van der Waals surface area contributed by atoms with Gasteiger partial charge in [-0.15, -0.1) is 0 Å². The zero-order valence-corrected chi connectivity index (χ0v) is 30.7. The molecule has 0 saturated carbocycles.